The van der Waals surface area contributed by atoms with E-state index in [1.165, 1.54) is 11.8 Å². The molecule has 4 unspecified atom stereocenters. The first-order valence-electron chi connectivity index (χ1n) is 9.93. The van der Waals surface area contributed by atoms with Gasteiger partial charge in [0.15, 0.2) is 0 Å². The summed E-state index contributed by atoms with van der Waals surface area (Å²) >= 11 is 5.62. The fraction of sp³-hybridized carbons (Fsp3) is 0.789. The lowest BCUT2D eigenvalue weighted by atomic mass is 10.0. The molecular formula is C19H36N4O5S2. The molecule has 0 aromatic heterocycles. The van der Waals surface area contributed by atoms with Crippen molar-refractivity contribution in [2.45, 2.75) is 64.7 Å². The third kappa shape index (κ3) is 10.5. The number of carbonyl (C=O) groups is 4. The van der Waals surface area contributed by atoms with Crippen LogP contribution in [0.4, 0.5) is 0 Å². The van der Waals surface area contributed by atoms with Crippen molar-refractivity contribution in [2.75, 3.05) is 17.8 Å². The Morgan fingerprint density at radius 2 is 1.50 bits per heavy atom. The van der Waals surface area contributed by atoms with Crippen molar-refractivity contribution >= 4 is 48.1 Å². The van der Waals surface area contributed by atoms with E-state index in [0.29, 0.717) is 18.6 Å². The van der Waals surface area contributed by atoms with Crippen molar-refractivity contribution in [3.8, 4) is 0 Å². The molecule has 0 saturated heterocycles. The number of thiol groups is 1. The monoisotopic (exact) mass is 464 g/mol. The molecule has 6 N–H and O–H groups in total. The molecule has 0 aromatic carbocycles. The number of nitrogens with two attached hydrogens (primary N) is 1. The van der Waals surface area contributed by atoms with Gasteiger partial charge in [-0.1, -0.05) is 27.7 Å². The van der Waals surface area contributed by atoms with Crippen LogP contribution in [0.5, 0.6) is 0 Å². The molecule has 0 aliphatic rings. The second kappa shape index (κ2) is 14.5. The second-order valence-electron chi connectivity index (χ2n) is 7.89. The fourth-order valence-corrected chi connectivity index (χ4v) is 3.36. The van der Waals surface area contributed by atoms with Gasteiger partial charge < -0.3 is 26.8 Å². The van der Waals surface area contributed by atoms with Gasteiger partial charge in [0, 0.05) is 5.75 Å². The summed E-state index contributed by atoms with van der Waals surface area (Å²) in [6, 6.07) is -3.73. The van der Waals surface area contributed by atoms with Gasteiger partial charge >= 0.3 is 5.97 Å². The normalized spacial score (nSPS) is 15.2. The molecule has 0 spiro atoms. The van der Waals surface area contributed by atoms with Crippen LogP contribution in [-0.2, 0) is 19.2 Å². The lowest BCUT2D eigenvalue weighted by Gasteiger charge is -2.25. The van der Waals surface area contributed by atoms with Crippen LogP contribution in [0.1, 0.15) is 40.5 Å². The van der Waals surface area contributed by atoms with Crippen molar-refractivity contribution in [1.29, 1.82) is 0 Å². The third-order valence-corrected chi connectivity index (χ3v) is 5.36. The highest BCUT2D eigenvalue weighted by atomic mass is 32.2. The summed E-state index contributed by atoms with van der Waals surface area (Å²) in [5.41, 5.74) is 5.90. The first-order chi connectivity index (χ1) is 13.9. The van der Waals surface area contributed by atoms with Crippen molar-refractivity contribution in [1.82, 2.24) is 16.0 Å². The topological polar surface area (TPSA) is 151 Å². The van der Waals surface area contributed by atoms with Crippen LogP contribution in [0.2, 0.25) is 0 Å². The number of aliphatic carboxylic acids is 1. The lowest BCUT2D eigenvalue weighted by molar-refractivity contribution is -0.143. The maximum Gasteiger partial charge on any atom is 0.326 e. The quantitative estimate of drug-likeness (QED) is 0.202. The van der Waals surface area contributed by atoms with E-state index in [1.54, 1.807) is 13.8 Å². The number of carboxylic acid groups (broad SMARTS) is 1. The highest BCUT2D eigenvalue weighted by Crippen LogP contribution is 2.07. The first kappa shape index (κ1) is 28.5. The van der Waals surface area contributed by atoms with Crippen molar-refractivity contribution in [3.63, 3.8) is 0 Å². The van der Waals surface area contributed by atoms with Gasteiger partial charge in [0.1, 0.15) is 18.1 Å². The zero-order valence-electron chi connectivity index (χ0n) is 18.3. The molecule has 4 atom stereocenters. The Morgan fingerprint density at radius 3 is 1.93 bits per heavy atom. The van der Waals surface area contributed by atoms with E-state index >= 15 is 0 Å². The molecule has 0 heterocycles. The molecule has 3 amide bonds. The molecule has 174 valence electrons. The molecule has 11 heteroatoms. The van der Waals surface area contributed by atoms with E-state index in [4.69, 9.17) is 5.73 Å². The van der Waals surface area contributed by atoms with Crippen molar-refractivity contribution in [3.05, 3.63) is 0 Å². The molecule has 0 bridgehead atoms. The lowest BCUT2D eigenvalue weighted by Crippen LogP contribution is -2.58. The fourth-order valence-electron chi connectivity index (χ4n) is 2.63. The number of rotatable bonds is 14. The number of hydrogen-bond acceptors (Lipinski definition) is 7. The van der Waals surface area contributed by atoms with Gasteiger partial charge in [0.05, 0.1) is 6.04 Å². The Balaban J connectivity index is 5.18. The Bertz CT molecular complexity index is 589. The number of nitrogens with one attached hydrogen (secondary N) is 3. The second-order valence-corrected chi connectivity index (χ2v) is 9.24. The molecule has 0 aliphatic heterocycles. The molecule has 0 aliphatic carbocycles. The summed E-state index contributed by atoms with van der Waals surface area (Å²) < 4.78 is 0. The number of carboxylic acids is 1. The molecule has 0 aromatic rings. The van der Waals surface area contributed by atoms with E-state index in [1.807, 2.05) is 20.1 Å². The molecule has 0 fully saturated rings. The van der Waals surface area contributed by atoms with Crippen LogP contribution >= 0.6 is 24.4 Å². The molecule has 30 heavy (non-hydrogen) atoms. The van der Waals surface area contributed by atoms with Gasteiger partial charge in [-0.25, -0.2) is 4.79 Å². The predicted octanol–water partition coefficient (Wildman–Crippen LogP) is 0.238. The van der Waals surface area contributed by atoms with Crippen LogP contribution in [0.15, 0.2) is 0 Å². The summed E-state index contributed by atoms with van der Waals surface area (Å²) in [4.78, 5) is 48.9. The molecule has 0 radical (unpaired) electrons. The Kier molecular flexibility index (Phi) is 13.8. The molecular weight excluding hydrogens is 428 g/mol. The zero-order valence-corrected chi connectivity index (χ0v) is 20.0. The number of amides is 3. The number of carbonyl (C=O) groups excluding carboxylic acids is 3. The van der Waals surface area contributed by atoms with Gasteiger partial charge in [-0.2, -0.15) is 24.4 Å². The predicted molar refractivity (Wildman–Crippen MR) is 123 cm³/mol. The van der Waals surface area contributed by atoms with Crippen molar-refractivity contribution in [2.24, 2.45) is 17.6 Å². The smallest absolute Gasteiger partial charge is 0.326 e. The molecule has 9 nitrogen and oxygen atoms in total. The minimum atomic E-state index is -1.16. The van der Waals surface area contributed by atoms with Crippen LogP contribution in [0, 0.1) is 11.8 Å². The minimum absolute atomic E-state index is 0.0297. The SMILES string of the molecule is CSCCC(NC(=O)C(N)CC(C)C)C(=O)NC(CS)C(=O)NC(C(=O)O)C(C)C. The summed E-state index contributed by atoms with van der Waals surface area (Å²) in [5, 5.41) is 16.9. The van der Waals surface area contributed by atoms with Gasteiger partial charge in [-0.05, 0) is 36.7 Å². The maximum atomic E-state index is 12.8. The zero-order chi connectivity index (χ0) is 23.4. The van der Waals surface area contributed by atoms with E-state index in [-0.39, 0.29) is 17.6 Å². The standard InChI is InChI=1S/C19H36N4O5S2/c1-10(2)8-12(20)16(24)21-13(6-7-30-5)17(25)22-14(9-29)18(26)23-15(11(3)4)19(27)28/h10-15,29H,6-9,20H2,1-5H3,(H,21,24)(H,22,25)(H,23,26)(H,27,28). The summed E-state index contributed by atoms with van der Waals surface area (Å²) in [5.74, 6) is -2.30. The van der Waals surface area contributed by atoms with Crippen LogP contribution in [0.25, 0.3) is 0 Å². The summed E-state index contributed by atoms with van der Waals surface area (Å²) in [7, 11) is 0. The Hall–Kier alpha value is -1.46. The Morgan fingerprint density at radius 1 is 0.967 bits per heavy atom. The number of thioether (sulfide) groups is 1. The molecule has 0 saturated carbocycles. The van der Waals surface area contributed by atoms with E-state index in [0.717, 1.165) is 0 Å². The average molecular weight is 465 g/mol. The van der Waals surface area contributed by atoms with Crippen LogP contribution in [-0.4, -0.2) is 70.7 Å². The third-order valence-electron chi connectivity index (χ3n) is 4.35. The van der Waals surface area contributed by atoms with Crippen LogP contribution < -0.4 is 21.7 Å². The average Bonchev–Trinajstić information content (AvgIpc) is 2.65. The summed E-state index contributed by atoms with van der Waals surface area (Å²) in [6.45, 7) is 7.23. The highest BCUT2D eigenvalue weighted by Gasteiger charge is 2.30. The molecule has 0 rings (SSSR count). The largest absolute Gasteiger partial charge is 0.480 e. The van der Waals surface area contributed by atoms with E-state index in [9.17, 15) is 24.3 Å². The van der Waals surface area contributed by atoms with E-state index in [2.05, 4.69) is 28.6 Å². The van der Waals surface area contributed by atoms with Crippen LogP contribution in [0.3, 0.4) is 0 Å². The van der Waals surface area contributed by atoms with E-state index < -0.39 is 47.9 Å². The van der Waals surface area contributed by atoms with Gasteiger partial charge in [-0.15, -0.1) is 0 Å². The highest BCUT2D eigenvalue weighted by molar-refractivity contribution is 7.98. The minimum Gasteiger partial charge on any atom is -0.480 e. The van der Waals surface area contributed by atoms with Gasteiger partial charge in [0.2, 0.25) is 17.7 Å². The van der Waals surface area contributed by atoms with Crippen molar-refractivity contribution < 1.29 is 24.3 Å². The Labute approximate surface area is 188 Å². The van der Waals surface area contributed by atoms with Gasteiger partial charge in [-0.3, -0.25) is 14.4 Å². The maximum absolute atomic E-state index is 12.8. The first-order valence-corrected chi connectivity index (χ1v) is 12.0. The summed E-state index contributed by atoms with van der Waals surface area (Å²) in [6.07, 6.45) is 2.72. The number of hydrogen-bond donors (Lipinski definition) is 6. The van der Waals surface area contributed by atoms with Gasteiger partial charge in [0.25, 0.3) is 0 Å².